The Balaban J connectivity index is 1.99. The van der Waals surface area contributed by atoms with E-state index in [9.17, 15) is 19.7 Å². The number of rotatable bonds is 5. The summed E-state index contributed by atoms with van der Waals surface area (Å²) >= 11 is 0. The minimum absolute atomic E-state index is 0.135. The van der Waals surface area contributed by atoms with Gasteiger partial charge in [0.25, 0.3) is 5.69 Å². The number of carbonyl (C=O) groups is 2. The molecule has 3 aromatic rings. The van der Waals surface area contributed by atoms with E-state index in [1.165, 1.54) is 12.1 Å². The quantitative estimate of drug-likeness (QED) is 0.199. The molecule has 4 rings (SSSR count). The summed E-state index contributed by atoms with van der Waals surface area (Å²) in [6.07, 6.45) is 0. The highest BCUT2D eigenvalue weighted by molar-refractivity contribution is 6.17. The molecule has 0 saturated carbocycles. The molecule has 1 heterocycles. The van der Waals surface area contributed by atoms with Crippen LogP contribution < -0.4 is 4.90 Å². The molecule has 0 amide bonds. The van der Waals surface area contributed by atoms with Crippen molar-refractivity contribution in [2.45, 2.75) is 45.9 Å². The first-order valence-corrected chi connectivity index (χ1v) is 11.4. The molecule has 0 saturated heterocycles. The maximum Gasteiger partial charge on any atom is 0.322 e. The first-order valence-electron chi connectivity index (χ1n) is 11.4. The first kappa shape index (κ1) is 24.1. The predicted molar refractivity (Wildman–Crippen MR) is 133 cm³/mol. The third-order valence-electron chi connectivity index (χ3n) is 6.21. The van der Waals surface area contributed by atoms with E-state index >= 15 is 0 Å². The number of hydrogen-bond acceptors (Lipinski definition) is 6. The zero-order chi connectivity index (χ0) is 25.4. The highest BCUT2D eigenvalue weighted by Gasteiger charge is 2.57. The van der Waals surface area contributed by atoms with Crippen molar-refractivity contribution in [3.05, 3.63) is 106 Å². The first-order chi connectivity index (χ1) is 16.5. The molecule has 0 radical (unpaired) electrons. The number of hydrogen-bond donors (Lipinski definition) is 0. The predicted octanol–water partition coefficient (Wildman–Crippen LogP) is 5.89. The minimum atomic E-state index is -1.65. The summed E-state index contributed by atoms with van der Waals surface area (Å²) in [6.45, 7) is 7.22. The molecule has 0 bridgehead atoms. The molecule has 0 aliphatic carbocycles. The largest absolute Gasteiger partial charge is 0.459 e. The van der Waals surface area contributed by atoms with E-state index in [0.717, 1.165) is 11.1 Å². The zero-order valence-electron chi connectivity index (χ0n) is 20.2. The van der Waals surface area contributed by atoms with Gasteiger partial charge in [0.15, 0.2) is 11.2 Å². The average Bonchev–Trinajstić information content (AvgIpc) is 2.82. The molecule has 180 valence electrons. The number of nitro groups is 1. The van der Waals surface area contributed by atoms with Gasteiger partial charge in [-0.15, -0.1) is 0 Å². The number of benzene rings is 3. The number of Topliss-reactive ketones (excluding diaryl/α,β-unsaturated/α-hetero) is 1. The van der Waals surface area contributed by atoms with Crippen molar-refractivity contribution in [3.63, 3.8) is 0 Å². The van der Waals surface area contributed by atoms with Crippen molar-refractivity contribution in [1.82, 2.24) is 0 Å². The Morgan fingerprint density at radius 2 is 1.63 bits per heavy atom. The topological polar surface area (TPSA) is 89.8 Å². The second-order valence-electron chi connectivity index (χ2n) is 9.92. The Kier molecular flexibility index (Phi) is 6.19. The van der Waals surface area contributed by atoms with Crippen LogP contribution in [0.4, 0.5) is 11.4 Å². The third kappa shape index (κ3) is 4.54. The lowest BCUT2D eigenvalue weighted by Crippen LogP contribution is -2.54. The van der Waals surface area contributed by atoms with Crippen molar-refractivity contribution < 1.29 is 19.2 Å². The Bertz CT molecular complexity index is 1270. The number of nitro benzene ring substituents is 1. The third-order valence-corrected chi connectivity index (χ3v) is 6.21. The van der Waals surface area contributed by atoms with Crippen LogP contribution in [0.3, 0.4) is 0 Å². The SMILES string of the molecule is CC(C)(C)OC(=O)[C@]1(C)C(=O)c2cc([N+](=O)[O-])ccc2N(Cc2ccccc2)[C@@H]1c1ccccc1. The Morgan fingerprint density at radius 3 is 2.20 bits per heavy atom. The van der Waals surface area contributed by atoms with Crippen LogP contribution in [-0.4, -0.2) is 22.3 Å². The fraction of sp³-hybridized carbons (Fsp3) is 0.286. The zero-order valence-corrected chi connectivity index (χ0v) is 20.2. The molecule has 0 unspecified atom stereocenters. The van der Waals surface area contributed by atoms with E-state index in [1.807, 2.05) is 65.6 Å². The summed E-state index contributed by atoms with van der Waals surface area (Å²) in [5, 5.41) is 11.5. The molecule has 7 heteroatoms. The standard InChI is InChI=1S/C28H28N2O5/c1-27(2,3)35-26(32)28(4)24(20-13-9-6-10-14-20)29(18-19-11-7-5-8-12-19)23-16-15-21(30(33)34)17-22(23)25(28)31/h5-17,24H,18H2,1-4H3/t24-,28+/m1/s1. The number of nitrogens with zero attached hydrogens (tertiary/aromatic N) is 2. The van der Waals surface area contributed by atoms with Crippen LogP contribution in [0.2, 0.25) is 0 Å². The van der Waals surface area contributed by atoms with Gasteiger partial charge < -0.3 is 9.64 Å². The van der Waals surface area contributed by atoms with E-state index < -0.39 is 33.7 Å². The molecule has 1 aliphatic rings. The minimum Gasteiger partial charge on any atom is -0.459 e. The fourth-order valence-electron chi connectivity index (χ4n) is 4.62. The van der Waals surface area contributed by atoms with Gasteiger partial charge in [-0.05, 0) is 44.9 Å². The van der Waals surface area contributed by atoms with Gasteiger partial charge in [0, 0.05) is 29.9 Å². The Morgan fingerprint density at radius 1 is 1.03 bits per heavy atom. The van der Waals surface area contributed by atoms with Gasteiger partial charge in [0.1, 0.15) is 5.60 Å². The van der Waals surface area contributed by atoms with Crippen molar-refractivity contribution in [3.8, 4) is 0 Å². The van der Waals surface area contributed by atoms with Crippen molar-refractivity contribution >= 4 is 23.1 Å². The normalized spacial score (nSPS) is 19.7. The van der Waals surface area contributed by atoms with Crippen LogP contribution in [0.5, 0.6) is 0 Å². The molecule has 1 aliphatic heterocycles. The molecule has 35 heavy (non-hydrogen) atoms. The molecule has 0 spiro atoms. The van der Waals surface area contributed by atoms with E-state index in [4.69, 9.17) is 4.74 Å². The number of carbonyl (C=O) groups excluding carboxylic acids is 2. The smallest absolute Gasteiger partial charge is 0.322 e. The lowest BCUT2D eigenvalue weighted by atomic mass is 9.69. The van der Waals surface area contributed by atoms with Gasteiger partial charge in [0.2, 0.25) is 0 Å². The summed E-state index contributed by atoms with van der Waals surface area (Å²) in [7, 11) is 0. The van der Waals surface area contributed by atoms with Crippen LogP contribution >= 0.6 is 0 Å². The van der Waals surface area contributed by atoms with Crippen LogP contribution in [0.1, 0.15) is 55.2 Å². The van der Waals surface area contributed by atoms with E-state index in [2.05, 4.69) is 0 Å². The molecule has 0 aromatic heterocycles. The molecule has 2 atom stereocenters. The lowest BCUT2D eigenvalue weighted by molar-refractivity contribution is -0.384. The molecular weight excluding hydrogens is 444 g/mol. The second-order valence-corrected chi connectivity index (χ2v) is 9.92. The summed E-state index contributed by atoms with van der Waals surface area (Å²) in [5.74, 6) is -1.16. The van der Waals surface area contributed by atoms with Crippen LogP contribution in [0, 0.1) is 15.5 Å². The van der Waals surface area contributed by atoms with Crippen molar-refractivity contribution in [2.24, 2.45) is 5.41 Å². The van der Waals surface area contributed by atoms with E-state index in [0.29, 0.717) is 12.2 Å². The number of non-ortho nitro benzene ring substituents is 1. The van der Waals surface area contributed by atoms with E-state index in [1.54, 1.807) is 33.8 Å². The number of esters is 1. The summed E-state index contributed by atoms with van der Waals surface area (Å²) < 4.78 is 5.77. The maximum atomic E-state index is 14.1. The summed E-state index contributed by atoms with van der Waals surface area (Å²) in [5.41, 5.74) is -0.260. The number of anilines is 1. The van der Waals surface area contributed by atoms with Gasteiger partial charge >= 0.3 is 5.97 Å². The molecule has 7 nitrogen and oxygen atoms in total. The number of ether oxygens (including phenoxy) is 1. The average molecular weight is 473 g/mol. The van der Waals surface area contributed by atoms with Crippen LogP contribution in [-0.2, 0) is 16.1 Å². The van der Waals surface area contributed by atoms with Crippen LogP contribution in [0.25, 0.3) is 0 Å². The molecule has 0 fully saturated rings. The summed E-state index contributed by atoms with van der Waals surface area (Å²) in [4.78, 5) is 40.8. The van der Waals surface area contributed by atoms with Crippen LogP contribution in [0.15, 0.2) is 78.9 Å². The van der Waals surface area contributed by atoms with Crippen molar-refractivity contribution in [2.75, 3.05) is 4.90 Å². The van der Waals surface area contributed by atoms with Gasteiger partial charge in [-0.2, -0.15) is 0 Å². The lowest BCUT2D eigenvalue weighted by Gasteiger charge is -2.48. The molecule has 3 aromatic carbocycles. The number of ketones is 1. The second kappa shape index (κ2) is 8.98. The Labute approximate surface area is 204 Å². The summed E-state index contributed by atoms with van der Waals surface area (Å²) in [6, 6.07) is 22.6. The molecule has 0 N–H and O–H groups in total. The van der Waals surface area contributed by atoms with Gasteiger partial charge in [-0.25, -0.2) is 0 Å². The van der Waals surface area contributed by atoms with Crippen molar-refractivity contribution in [1.29, 1.82) is 0 Å². The fourth-order valence-corrected chi connectivity index (χ4v) is 4.62. The monoisotopic (exact) mass is 472 g/mol. The highest BCUT2D eigenvalue weighted by atomic mass is 16.6. The van der Waals surface area contributed by atoms with Gasteiger partial charge in [-0.3, -0.25) is 19.7 Å². The van der Waals surface area contributed by atoms with Gasteiger partial charge in [-0.1, -0.05) is 60.7 Å². The Hall–Kier alpha value is -4.00. The van der Waals surface area contributed by atoms with E-state index in [-0.39, 0.29) is 11.3 Å². The molecular formula is C28H28N2O5. The van der Waals surface area contributed by atoms with Gasteiger partial charge in [0.05, 0.1) is 11.0 Å². The number of fused-ring (bicyclic) bond motifs is 1. The maximum absolute atomic E-state index is 14.1. The highest BCUT2D eigenvalue weighted by Crippen LogP contribution is 2.51.